The molecule has 4 N–H and O–H groups in total. The SMILES string of the molecule is CC1=C(NC(=O)/C(N=Nc2ccc(-c3ccc(N=N/C(C(=O)Nc4ccccc4C)=C(/C)O)c(Cl)c3)cc2Cl)=C(\C)O)C=CCC1. The molecule has 0 atom stereocenters. The highest BCUT2D eigenvalue weighted by Gasteiger charge is 2.17. The molecule has 0 heterocycles. The van der Waals surface area contributed by atoms with Crippen molar-refractivity contribution in [3.63, 3.8) is 0 Å². The smallest absolute Gasteiger partial charge is 0.279 e. The number of para-hydroxylation sites is 1. The van der Waals surface area contributed by atoms with Gasteiger partial charge in [0.05, 0.1) is 10.0 Å². The van der Waals surface area contributed by atoms with Crippen LogP contribution in [0.4, 0.5) is 17.1 Å². The van der Waals surface area contributed by atoms with E-state index in [4.69, 9.17) is 23.2 Å². The molecule has 0 aromatic heterocycles. The molecule has 0 fully saturated rings. The van der Waals surface area contributed by atoms with Crippen molar-refractivity contribution in [1.82, 2.24) is 5.32 Å². The van der Waals surface area contributed by atoms with E-state index in [2.05, 4.69) is 31.1 Å². The van der Waals surface area contributed by atoms with Crippen LogP contribution in [-0.2, 0) is 9.59 Å². The van der Waals surface area contributed by atoms with Crippen LogP contribution >= 0.6 is 23.2 Å². The molecular formula is C34H32Cl2N6O4. The van der Waals surface area contributed by atoms with Gasteiger partial charge in [-0.2, -0.15) is 0 Å². The molecular weight excluding hydrogens is 627 g/mol. The maximum atomic E-state index is 12.8. The zero-order chi connectivity index (χ0) is 33.4. The number of aliphatic hydroxyl groups is 2. The molecule has 2 amide bonds. The van der Waals surface area contributed by atoms with Crippen molar-refractivity contribution < 1.29 is 19.8 Å². The quantitative estimate of drug-likeness (QED) is 0.103. The summed E-state index contributed by atoms with van der Waals surface area (Å²) in [4.78, 5) is 25.6. The first-order valence-electron chi connectivity index (χ1n) is 14.2. The number of carbonyl (C=O) groups excluding carboxylic acids is 2. The van der Waals surface area contributed by atoms with E-state index in [1.807, 2.05) is 38.1 Å². The fraction of sp³-hybridized carbons (Fsp3) is 0.176. The number of anilines is 1. The van der Waals surface area contributed by atoms with Gasteiger partial charge in [0.25, 0.3) is 11.8 Å². The van der Waals surface area contributed by atoms with Crippen molar-refractivity contribution in [1.29, 1.82) is 0 Å². The zero-order valence-electron chi connectivity index (χ0n) is 25.6. The largest absolute Gasteiger partial charge is 0.510 e. The van der Waals surface area contributed by atoms with Gasteiger partial charge < -0.3 is 20.8 Å². The monoisotopic (exact) mass is 658 g/mol. The number of nitrogens with one attached hydrogen (secondary N) is 2. The summed E-state index contributed by atoms with van der Waals surface area (Å²) in [5, 5.41) is 42.3. The van der Waals surface area contributed by atoms with Gasteiger partial charge in [-0.05, 0) is 99.2 Å². The molecule has 0 aliphatic heterocycles. The molecule has 0 bridgehead atoms. The summed E-state index contributed by atoms with van der Waals surface area (Å²) in [5.41, 5.74) is 4.60. The Balaban J connectivity index is 1.48. The fourth-order valence-corrected chi connectivity index (χ4v) is 4.75. The van der Waals surface area contributed by atoms with E-state index in [1.165, 1.54) is 13.8 Å². The van der Waals surface area contributed by atoms with E-state index < -0.39 is 11.8 Å². The van der Waals surface area contributed by atoms with Crippen molar-refractivity contribution in [3.05, 3.63) is 123 Å². The second-order valence-electron chi connectivity index (χ2n) is 10.5. The van der Waals surface area contributed by atoms with Gasteiger partial charge in [-0.3, -0.25) is 9.59 Å². The molecule has 236 valence electrons. The van der Waals surface area contributed by atoms with Gasteiger partial charge in [-0.1, -0.05) is 59.6 Å². The Kier molecular flexibility index (Phi) is 11.2. The molecule has 46 heavy (non-hydrogen) atoms. The van der Waals surface area contributed by atoms with E-state index in [-0.39, 0.29) is 44.3 Å². The van der Waals surface area contributed by atoms with Gasteiger partial charge in [0.1, 0.15) is 22.9 Å². The van der Waals surface area contributed by atoms with Crippen molar-refractivity contribution in [2.45, 2.75) is 40.5 Å². The Morgan fingerprint density at radius 2 is 1.28 bits per heavy atom. The lowest BCUT2D eigenvalue weighted by molar-refractivity contribution is -0.117. The average molecular weight is 660 g/mol. The lowest BCUT2D eigenvalue weighted by Gasteiger charge is -2.13. The third-order valence-corrected chi connectivity index (χ3v) is 7.54. The lowest BCUT2D eigenvalue weighted by atomic mass is 10.0. The number of hydrogen-bond donors (Lipinski definition) is 4. The fourth-order valence-electron chi connectivity index (χ4n) is 4.31. The van der Waals surface area contributed by atoms with E-state index in [9.17, 15) is 19.8 Å². The lowest BCUT2D eigenvalue weighted by Crippen LogP contribution is -2.25. The minimum Gasteiger partial charge on any atom is -0.510 e. The summed E-state index contributed by atoms with van der Waals surface area (Å²) in [6.45, 7) is 6.47. The third kappa shape index (κ3) is 8.56. The minimum absolute atomic E-state index is 0.238. The molecule has 0 saturated carbocycles. The number of rotatable bonds is 9. The van der Waals surface area contributed by atoms with Crippen LogP contribution in [0.25, 0.3) is 11.1 Å². The van der Waals surface area contributed by atoms with Crippen molar-refractivity contribution >= 4 is 52.1 Å². The number of aliphatic hydroxyl groups excluding tert-OH is 2. The second-order valence-corrected chi connectivity index (χ2v) is 11.3. The van der Waals surface area contributed by atoms with Crippen LogP contribution in [-0.4, -0.2) is 22.0 Å². The predicted molar refractivity (Wildman–Crippen MR) is 181 cm³/mol. The van der Waals surface area contributed by atoms with E-state index in [0.29, 0.717) is 22.5 Å². The first kappa shape index (κ1) is 33.8. The van der Waals surface area contributed by atoms with Crippen LogP contribution in [0.1, 0.15) is 39.2 Å². The maximum Gasteiger partial charge on any atom is 0.279 e. The molecule has 4 rings (SSSR count). The molecule has 12 heteroatoms. The topological polar surface area (TPSA) is 148 Å². The summed E-state index contributed by atoms with van der Waals surface area (Å²) >= 11 is 13.0. The van der Waals surface area contributed by atoms with Crippen LogP contribution in [0.5, 0.6) is 0 Å². The highest BCUT2D eigenvalue weighted by Crippen LogP contribution is 2.35. The van der Waals surface area contributed by atoms with Gasteiger partial charge >= 0.3 is 0 Å². The van der Waals surface area contributed by atoms with Crippen molar-refractivity contribution in [3.8, 4) is 11.1 Å². The highest BCUT2D eigenvalue weighted by molar-refractivity contribution is 6.34. The van der Waals surface area contributed by atoms with E-state index >= 15 is 0 Å². The van der Waals surface area contributed by atoms with Gasteiger partial charge in [-0.25, -0.2) is 0 Å². The summed E-state index contributed by atoms with van der Waals surface area (Å²) < 4.78 is 0. The molecule has 0 radical (unpaired) electrons. The Hall–Kier alpha value is -5.06. The number of amides is 2. The predicted octanol–water partition coefficient (Wildman–Crippen LogP) is 10.1. The summed E-state index contributed by atoms with van der Waals surface area (Å²) in [7, 11) is 0. The zero-order valence-corrected chi connectivity index (χ0v) is 27.1. The summed E-state index contributed by atoms with van der Waals surface area (Å²) in [6, 6.07) is 17.3. The number of halogens is 2. The Labute approximate surface area is 276 Å². The first-order valence-corrected chi connectivity index (χ1v) is 15.0. The van der Waals surface area contributed by atoms with Gasteiger partial charge in [0.15, 0.2) is 11.4 Å². The molecule has 0 spiro atoms. The number of hydrogen-bond acceptors (Lipinski definition) is 8. The Morgan fingerprint density at radius 3 is 1.76 bits per heavy atom. The number of allylic oxidation sites excluding steroid dienone is 5. The number of carbonyl (C=O) groups is 2. The maximum absolute atomic E-state index is 12.8. The average Bonchev–Trinajstić information content (AvgIpc) is 3.00. The normalized spacial score (nSPS) is 14.4. The van der Waals surface area contributed by atoms with Crippen molar-refractivity contribution in [2.24, 2.45) is 20.5 Å². The minimum atomic E-state index is -0.621. The molecule has 3 aromatic carbocycles. The standard InChI is InChI=1S/C34H32Cl2N6O4/c1-19-9-5-7-11-27(19)37-33(45)31(21(3)43)41-39-29-15-13-23(17-25(29)35)24-14-16-30(26(36)18-24)40-42-32(22(4)44)34(46)38-28-12-8-6-10-20(28)2/h5,7-9,11-18,43-44H,6,10H2,1-4H3,(H,37,45)(H,38,46)/b31-21-,32-22-,41-39?,42-40?. The van der Waals surface area contributed by atoms with Gasteiger partial charge in [0, 0.05) is 11.4 Å². The van der Waals surface area contributed by atoms with Gasteiger partial charge in [-0.15, -0.1) is 20.5 Å². The second kappa shape index (κ2) is 15.3. The van der Waals surface area contributed by atoms with Crippen LogP contribution in [0.2, 0.25) is 10.0 Å². The molecule has 3 aromatic rings. The van der Waals surface area contributed by atoms with E-state index in [1.54, 1.807) is 48.5 Å². The molecule has 0 saturated heterocycles. The van der Waals surface area contributed by atoms with Crippen molar-refractivity contribution in [2.75, 3.05) is 5.32 Å². The van der Waals surface area contributed by atoms with E-state index in [0.717, 1.165) is 24.0 Å². The first-order chi connectivity index (χ1) is 21.9. The number of nitrogens with zero attached hydrogens (tertiary/aromatic N) is 4. The summed E-state index contributed by atoms with van der Waals surface area (Å²) in [6.07, 6.45) is 5.53. The number of aryl methyl sites for hydroxylation is 1. The number of benzene rings is 3. The van der Waals surface area contributed by atoms with Crippen LogP contribution in [0, 0.1) is 6.92 Å². The third-order valence-electron chi connectivity index (χ3n) is 6.93. The Morgan fingerprint density at radius 1 is 0.761 bits per heavy atom. The number of azo groups is 2. The Bertz CT molecular complexity index is 1870. The highest BCUT2D eigenvalue weighted by atomic mass is 35.5. The molecule has 10 nitrogen and oxygen atoms in total. The molecule has 1 aliphatic carbocycles. The van der Waals surface area contributed by atoms with Crippen LogP contribution in [0.15, 0.2) is 127 Å². The molecule has 1 aliphatic rings. The molecule has 0 unspecified atom stereocenters. The van der Waals surface area contributed by atoms with Crippen LogP contribution in [0.3, 0.4) is 0 Å². The van der Waals surface area contributed by atoms with Gasteiger partial charge in [0.2, 0.25) is 0 Å². The van der Waals surface area contributed by atoms with Crippen LogP contribution < -0.4 is 10.6 Å². The summed E-state index contributed by atoms with van der Waals surface area (Å²) in [5.74, 6) is -1.81.